The van der Waals surface area contributed by atoms with Crippen LogP contribution in [0.3, 0.4) is 0 Å². The first-order valence-corrected chi connectivity index (χ1v) is 12.0. The number of nitrogens with zero attached hydrogens (tertiary/aromatic N) is 6. The molecule has 0 atom stereocenters. The average Bonchev–Trinajstić information content (AvgIpc) is 3.41. The molecular weight excluding hydrogens is 422 g/mol. The number of hydrogen-bond donors (Lipinski definition) is 1. The summed E-state index contributed by atoms with van der Waals surface area (Å²) in [6, 6.07) is 11.0. The van der Waals surface area contributed by atoms with Gasteiger partial charge in [0.15, 0.2) is 5.82 Å². The zero-order valence-corrected chi connectivity index (χ0v) is 18.6. The van der Waals surface area contributed by atoms with Gasteiger partial charge in [0.1, 0.15) is 22.8 Å². The lowest BCUT2D eigenvalue weighted by molar-refractivity contribution is 0.0331. The molecule has 0 spiro atoms. The number of hydrogen-bond acceptors (Lipinski definition) is 8. The molecule has 4 heterocycles. The predicted octanol–water partition coefficient (Wildman–Crippen LogP) is 3.73. The third-order valence-corrected chi connectivity index (χ3v) is 6.91. The number of thiophene rings is 1. The van der Waals surface area contributed by atoms with Gasteiger partial charge in [-0.15, -0.1) is 21.5 Å². The molecule has 164 valence electrons. The van der Waals surface area contributed by atoms with Crippen LogP contribution >= 0.6 is 11.3 Å². The fraction of sp³-hybridized carbons (Fsp3) is 0.391. The second kappa shape index (κ2) is 8.57. The van der Waals surface area contributed by atoms with Crippen molar-refractivity contribution in [1.29, 1.82) is 0 Å². The van der Waals surface area contributed by atoms with Crippen LogP contribution in [0.4, 0.5) is 5.82 Å². The minimum atomic E-state index is 0.546. The monoisotopic (exact) mass is 447 g/mol. The maximum Gasteiger partial charge on any atom is 0.152 e. The van der Waals surface area contributed by atoms with Gasteiger partial charge in [-0.1, -0.05) is 30.3 Å². The van der Waals surface area contributed by atoms with Crippen LogP contribution in [0.5, 0.6) is 0 Å². The highest BCUT2D eigenvalue weighted by Gasteiger charge is 2.26. The Kier molecular flexibility index (Phi) is 5.30. The van der Waals surface area contributed by atoms with Crippen molar-refractivity contribution in [1.82, 2.24) is 29.6 Å². The van der Waals surface area contributed by atoms with E-state index in [-0.39, 0.29) is 0 Å². The van der Waals surface area contributed by atoms with Gasteiger partial charge in [0.2, 0.25) is 0 Å². The third kappa shape index (κ3) is 3.99. The summed E-state index contributed by atoms with van der Waals surface area (Å²) in [5.74, 6) is 2.65. The Morgan fingerprint density at radius 3 is 2.75 bits per heavy atom. The van der Waals surface area contributed by atoms with Crippen LogP contribution in [0.25, 0.3) is 21.3 Å². The van der Waals surface area contributed by atoms with E-state index in [1.165, 1.54) is 18.4 Å². The largest absolute Gasteiger partial charge is 0.379 e. The highest BCUT2D eigenvalue weighted by molar-refractivity contribution is 7.17. The maximum atomic E-state index is 5.49. The number of rotatable bonds is 7. The van der Waals surface area contributed by atoms with Crippen LogP contribution in [-0.2, 0) is 17.8 Å². The second-order valence-corrected chi connectivity index (χ2v) is 9.17. The van der Waals surface area contributed by atoms with Crippen LogP contribution in [-0.4, -0.2) is 55.9 Å². The van der Waals surface area contributed by atoms with E-state index in [4.69, 9.17) is 14.7 Å². The molecule has 32 heavy (non-hydrogen) atoms. The van der Waals surface area contributed by atoms with Crippen molar-refractivity contribution in [3.8, 4) is 11.1 Å². The molecule has 1 saturated carbocycles. The highest BCUT2D eigenvalue weighted by Crippen LogP contribution is 2.38. The number of ether oxygens (including phenoxy) is 1. The first-order chi connectivity index (χ1) is 15.8. The van der Waals surface area contributed by atoms with E-state index in [2.05, 4.69) is 54.6 Å². The molecule has 6 rings (SSSR count). The van der Waals surface area contributed by atoms with Gasteiger partial charge < -0.3 is 14.6 Å². The molecule has 8 nitrogen and oxygen atoms in total. The van der Waals surface area contributed by atoms with E-state index >= 15 is 0 Å². The van der Waals surface area contributed by atoms with Gasteiger partial charge in [0.25, 0.3) is 0 Å². The molecule has 1 aliphatic carbocycles. The van der Waals surface area contributed by atoms with Gasteiger partial charge in [-0.3, -0.25) is 4.90 Å². The lowest BCUT2D eigenvalue weighted by Crippen LogP contribution is -2.36. The number of nitrogens with one attached hydrogen (secondary N) is 1. The van der Waals surface area contributed by atoms with E-state index in [1.54, 1.807) is 11.3 Å². The van der Waals surface area contributed by atoms with Crippen LogP contribution in [0.1, 0.15) is 30.5 Å². The Balaban J connectivity index is 1.36. The molecule has 2 fully saturated rings. The summed E-state index contributed by atoms with van der Waals surface area (Å²) < 4.78 is 7.68. The van der Waals surface area contributed by atoms with Crippen LogP contribution < -0.4 is 5.32 Å². The van der Waals surface area contributed by atoms with Crippen molar-refractivity contribution in [3.63, 3.8) is 0 Å². The summed E-state index contributed by atoms with van der Waals surface area (Å²) in [6.07, 6.45) is 4.25. The summed E-state index contributed by atoms with van der Waals surface area (Å²) in [7, 11) is 0. The van der Waals surface area contributed by atoms with Crippen LogP contribution in [0.15, 0.2) is 42.0 Å². The number of anilines is 1. The fourth-order valence-corrected chi connectivity index (χ4v) is 5.15. The van der Waals surface area contributed by atoms with Crippen LogP contribution in [0, 0.1) is 0 Å². The molecule has 4 aromatic rings. The van der Waals surface area contributed by atoms with Gasteiger partial charge in [0, 0.05) is 30.1 Å². The summed E-state index contributed by atoms with van der Waals surface area (Å²) >= 11 is 1.67. The van der Waals surface area contributed by atoms with E-state index in [0.717, 1.165) is 66.1 Å². The predicted molar refractivity (Wildman–Crippen MR) is 125 cm³/mol. The summed E-state index contributed by atoms with van der Waals surface area (Å²) in [6.45, 7) is 4.67. The maximum absolute atomic E-state index is 5.49. The number of aromatic nitrogens is 5. The minimum Gasteiger partial charge on any atom is -0.379 e. The Morgan fingerprint density at radius 1 is 1.09 bits per heavy atom. The van der Waals surface area contributed by atoms with E-state index < -0.39 is 0 Å². The van der Waals surface area contributed by atoms with Crippen molar-refractivity contribution >= 4 is 27.4 Å². The molecule has 1 aliphatic heterocycles. The summed E-state index contributed by atoms with van der Waals surface area (Å²) in [4.78, 5) is 13.3. The van der Waals surface area contributed by atoms with Gasteiger partial charge in [0.05, 0.1) is 31.7 Å². The molecule has 2 aliphatic rings. The van der Waals surface area contributed by atoms with E-state index in [0.29, 0.717) is 12.6 Å². The molecule has 3 aromatic heterocycles. The Bertz CT molecular complexity index is 1210. The molecule has 1 aromatic carbocycles. The lowest BCUT2D eigenvalue weighted by atomic mass is 10.1. The number of fused-ring (bicyclic) bond motifs is 1. The van der Waals surface area contributed by atoms with Gasteiger partial charge >= 0.3 is 0 Å². The summed E-state index contributed by atoms with van der Waals surface area (Å²) in [5, 5.41) is 15.3. The van der Waals surface area contributed by atoms with Gasteiger partial charge in [-0.2, -0.15) is 0 Å². The first kappa shape index (κ1) is 19.8. The molecule has 0 amide bonds. The molecule has 9 heteroatoms. The van der Waals surface area contributed by atoms with Crippen molar-refractivity contribution in [3.05, 3.63) is 53.7 Å². The minimum absolute atomic E-state index is 0.546. The average molecular weight is 448 g/mol. The highest BCUT2D eigenvalue weighted by atomic mass is 32.1. The normalized spacial score (nSPS) is 17.1. The molecule has 0 unspecified atom stereocenters. The molecule has 1 N–H and O–H groups in total. The van der Waals surface area contributed by atoms with Gasteiger partial charge in [-0.25, -0.2) is 9.97 Å². The quantitative estimate of drug-likeness (QED) is 0.462. The van der Waals surface area contributed by atoms with Gasteiger partial charge in [-0.05, 0) is 18.4 Å². The van der Waals surface area contributed by atoms with Crippen molar-refractivity contribution in [2.75, 3.05) is 31.6 Å². The molecule has 0 radical (unpaired) electrons. The first-order valence-electron chi connectivity index (χ1n) is 11.1. The fourth-order valence-electron chi connectivity index (χ4n) is 4.19. The standard InChI is InChI=1S/C23H25N7OS/c1-2-4-16(5-3-1)18-14-32-23-21(18)22(24-12-20-28-25-15-30(20)17-6-7-17)26-19(27-23)13-29-8-10-31-11-9-29/h1-5,14-15,17H,6-13H2,(H,24,26,27). The third-order valence-electron chi connectivity index (χ3n) is 6.03. The SMILES string of the molecule is c1ccc(-c2csc3nc(CN4CCOCC4)nc(NCc4nncn4C4CC4)c23)cc1. The topological polar surface area (TPSA) is 81.0 Å². The van der Waals surface area contributed by atoms with Crippen molar-refractivity contribution in [2.24, 2.45) is 0 Å². The van der Waals surface area contributed by atoms with E-state index in [1.807, 2.05) is 12.4 Å². The second-order valence-electron chi connectivity index (χ2n) is 8.31. The Labute approximate surface area is 190 Å². The Hall–Kier alpha value is -2.88. The van der Waals surface area contributed by atoms with E-state index in [9.17, 15) is 0 Å². The molecule has 1 saturated heterocycles. The summed E-state index contributed by atoms with van der Waals surface area (Å²) in [5.41, 5.74) is 2.34. The van der Waals surface area contributed by atoms with Crippen molar-refractivity contribution in [2.45, 2.75) is 32.0 Å². The zero-order valence-electron chi connectivity index (χ0n) is 17.8. The smallest absolute Gasteiger partial charge is 0.152 e. The number of benzene rings is 1. The van der Waals surface area contributed by atoms with Crippen molar-refractivity contribution < 1.29 is 4.74 Å². The van der Waals surface area contributed by atoms with Crippen LogP contribution in [0.2, 0.25) is 0 Å². The lowest BCUT2D eigenvalue weighted by Gasteiger charge is -2.25. The molecule has 0 bridgehead atoms. The zero-order chi connectivity index (χ0) is 21.3. The molecular formula is C23H25N7OS. The Morgan fingerprint density at radius 2 is 1.94 bits per heavy atom. The number of morpholine rings is 1.